The van der Waals surface area contributed by atoms with E-state index in [0.717, 1.165) is 67.9 Å². The Kier molecular flexibility index (Phi) is 14.2. The Bertz CT molecular complexity index is 3250. The second-order valence-electron chi connectivity index (χ2n) is 19.5. The first kappa shape index (κ1) is 49.9. The Labute approximate surface area is 424 Å². The number of benzene rings is 8. The average Bonchev–Trinajstić information content (AvgIpc) is 3.75. The van der Waals surface area contributed by atoms with Gasteiger partial charge in [-0.3, -0.25) is 0 Å². The summed E-state index contributed by atoms with van der Waals surface area (Å²) in [5, 5.41) is 32.2. The lowest BCUT2D eigenvalue weighted by Crippen LogP contribution is -2.16. The molecule has 0 aliphatic heterocycles. The zero-order chi connectivity index (χ0) is 51.5. The Morgan fingerprint density at radius 1 is 0.417 bits per heavy atom. The summed E-state index contributed by atoms with van der Waals surface area (Å²) in [7, 11) is 0. The van der Waals surface area contributed by atoms with Crippen LogP contribution in [0.2, 0.25) is 0 Å². The van der Waals surface area contributed by atoms with E-state index >= 15 is 0 Å². The quantitative estimate of drug-likeness (QED) is 0.0920. The maximum Gasteiger partial charge on any atom is 0.122 e. The lowest BCUT2D eigenvalue weighted by molar-refractivity contribution is 0.360. The molecule has 0 fully saturated rings. The van der Waals surface area contributed by atoms with Crippen molar-refractivity contribution in [3.63, 3.8) is 0 Å². The predicted octanol–water partition coefficient (Wildman–Crippen LogP) is 16.7. The lowest BCUT2D eigenvalue weighted by atomic mass is 9.82. The zero-order valence-electron chi connectivity index (χ0n) is 42.5. The highest BCUT2D eigenvalue weighted by Crippen LogP contribution is 2.52. The molecule has 8 aromatic rings. The van der Waals surface area contributed by atoms with E-state index in [1.165, 1.54) is 44.5 Å². The summed E-state index contributed by atoms with van der Waals surface area (Å²) in [5.74, 6) is 2.29. The van der Waals surface area contributed by atoms with Gasteiger partial charge in [-0.15, -0.1) is 0 Å². The van der Waals surface area contributed by atoms with Gasteiger partial charge < -0.3 is 29.5 Å². The monoisotopic (exact) mass is 950 g/mol. The molecule has 8 heteroatoms. The van der Waals surface area contributed by atoms with Crippen molar-refractivity contribution in [1.29, 1.82) is 10.8 Å². The molecule has 0 unspecified atom stereocenters. The SMILES string of the molecule is C=CCOc1ccc(N(c2ccc(OCC=C)c(C)c2)c2ccc3c(c2)C(C)(C)c2ccccc2-3)cc1C.Cc1cc(N(c2ccc(O)c(C)c2)c2ccc3c(c2)C(C)(C)c2ccccc2-3)ccc1O.N#N. The molecule has 8 aromatic carbocycles. The van der Waals surface area contributed by atoms with Crippen molar-refractivity contribution in [2.75, 3.05) is 23.0 Å². The maximum absolute atomic E-state index is 10.1. The third-order valence-corrected chi connectivity index (χ3v) is 14.1. The van der Waals surface area contributed by atoms with E-state index in [2.05, 4.69) is 174 Å². The van der Waals surface area contributed by atoms with Gasteiger partial charge in [0.05, 0.1) is 0 Å². The number of aromatic hydroxyl groups is 2. The van der Waals surface area contributed by atoms with Gasteiger partial charge in [0, 0.05) is 55.7 Å². The highest BCUT2D eigenvalue weighted by atomic mass is 16.5. The smallest absolute Gasteiger partial charge is 0.122 e. The van der Waals surface area contributed by atoms with E-state index in [1.54, 1.807) is 24.3 Å². The van der Waals surface area contributed by atoms with E-state index in [0.29, 0.717) is 13.2 Å². The van der Waals surface area contributed by atoms with Gasteiger partial charge in [-0.2, -0.15) is 0 Å². The van der Waals surface area contributed by atoms with Crippen molar-refractivity contribution in [2.24, 2.45) is 0 Å². The number of anilines is 6. The number of phenolic OH excluding ortho intramolecular Hbond substituents is 2. The second kappa shape index (κ2) is 20.4. The van der Waals surface area contributed by atoms with Gasteiger partial charge in [0.2, 0.25) is 0 Å². The van der Waals surface area contributed by atoms with Gasteiger partial charge in [-0.1, -0.05) is 114 Å². The number of aryl methyl sites for hydroxylation is 4. The molecular weight excluding hydrogens is 889 g/mol. The van der Waals surface area contributed by atoms with Crippen LogP contribution in [0.5, 0.6) is 23.0 Å². The molecule has 10 rings (SSSR count). The van der Waals surface area contributed by atoms with Crippen LogP contribution in [-0.4, -0.2) is 23.4 Å². The molecule has 2 aliphatic carbocycles. The summed E-state index contributed by atoms with van der Waals surface area (Å²) in [4.78, 5) is 4.49. The number of phenols is 2. The molecule has 2 N–H and O–H groups in total. The van der Waals surface area contributed by atoms with Crippen molar-refractivity contribution < 1.29 is 19.7 Å². The van der Waals surface area contributed by atoms with Crippen molar-refractivity contribution in [3.05, 3.63) is 228 Å². The third kappa shape index (κ3) is 9.30. The molecule has 0 saturated carbocycles. The van der Waals surface area contributed by atoms with Gasteiger partial charge in [0.1, 0.15) is 36.2 Å². The largest absolute Gasteiger partial charge is 0.508 e. The van der Waals surface area contributed by atoms with Crippen LogP contribution in [0.3, 0.4) is 0 Å². The van der Waals surface area contributed by atoms with Crippen LogP contribution >= 0.6 is 0 Å². The van der Waals surface area contributed by atoms with E-state index in [9.17, 15) is 10.2 Å². The lowest BCUT2D eigenvalue weighted by Gasteiger charge is -2.29. The molecule has 0 amide bonds. The molecule has 0 radical (unpaired) electrons. The number of nitrogens with zero attached hydrogens (tertiary/aromatic N) is 4. The molecule has 0 heterocycles. The summed E-state index contributed by atoms with van der Waals surface area (Å²) >= 11 is 0. The van der Waals surface area contributed by atoms with Crippen LogP contribution < -0.4 is 19.3 Å². The first-order valence-corrected chi connectivity index (χ1v) is 24.2. The van der Waals surface area contributed by atoms with Crippen molar-refractivity contribution in [2.45, 2.75) is 66.2 Å². The van der Waals surface area contributed by atoms with Crippen LogP contribution in [-0.2, 0) is 10.8 Å². The number of fused-ring (bicyclic) bond motifs is 6. The van der Waals surface area contributed by atoms with Gasteiger partial charge in [-0.25, -0.2) is 0 Å². The van der Waals surface area contributed by atoms with E-state index < -0.39 is 0 Å². The Hall–Kier alpha value is -8.54. The van der Waals surface area contributed by atoms with Gasteiger partial charge in [0.15, 0.2) is 0 Å². The Morgan fingerprint density at radius 3 is 1.07 bits per heavy atom. The summed E-state index contributed by atoms with van der Waals surface area (Å²) in [5.41, 5.74) is 20.4. The number of hydrogen-bond donors (Lipinski definition) is 2. The van der Waals surface area contributed by atoms with Crippen molar-refractivity contribution in [1.82, 2.24) is 0 Å². The molecule has 0 bridgehead atoms. The average molecular weight is 951 g/mol. The summed E-state index contributed by atoms with van der Waals surface area (Å²) in [6.45, 7) is 25.7. The van der Waals surface area contributed by atoms with Crippen LogP contribution in [0.1, 0.15) is 72.2 Å². The molecule has 362 valence electrons. The highest BCUT2D eigenvalue weighted by molar-refractivity contribution is 5.87. The van der Waals surface area contributed by atoms with Crippen molar-refractivity contribution in [3.8, 4) is 45.3 Å². The van der Waals surface area contributed by atoms with Gasteiger partial charge in [0.25, 0.3) is 0 Å². The molecule has 0 aromatic heterocycles. The molecule has 0 saturated heterocycles. The first-order valence-electron chi connectivity index (χ1n) is 24.2. The first-order chi connectivity index (χ1) is 34.6. The summed E-state index contributed by atoms with van der Waals surface area (Å²) in [6, 6.07) is 54.9. The minimum atomic E-state index is -0.0939. The molecule has 0 atom stereocenters. The third-order valence-electron chi connectivity index (χ3n) is 14.1. The zero-order valence-corrected chi connectivity index (χ0v) is 42.5. The molecule has 0 spiro atoms. The topological polar surface area (TPSA) is 113 Å². The number of ether oxygens (including phenoxy) is 2. The highest BCUT2D eigenvalue weighted by Gasteiger charge is 2.37. The van der Waals surface area contributed by atoms with E-state index in [4.69, 9.17) is 20.3 Å². The van der Waals surface area contributed by atoms with Crippen LogP contribution in [0.15, 0.2) is 183 Å². The maximum atomic E-state index is 10.1. The number of hydrogen-bond acceptors (Lipinski definition) is 8. The summed E-state index contributed by atoms with van der Waals surface area (Å²) in [6.07, 6.45) is 3.53. The fraction of sp³-hybridized carbons (Fsp3) is 0.188. The molecular formula is C64H62N4O4. The van der Waals surface area contributed by atoms with Crippen LogP contribution in [0.25, 0.3) is 22.3 Å². The normalized spacial score (nSPS) is 12.8. The van der Waals surface area contributed by atoms with Gasteiger partial charge in [-0.05, 0) is 192 Å². The molecule has 72 heavy (non-hydrogen) atoms. The minimum Gasteiger partial charge on any atom is -0.508 e. The van der Waals surface area contributed by atoms with Crippen LogP contribution in [0.4, 0.5) is 34.1 Å². The standard InChI is InChI=1S/C35H35NO2.C29H27NO2.N2/c1-7-19-37-33-17-14-26(21-24(33)3)36(27-15-18-34(25(4)22-27)38-20-8-2)28-13-16-30-29-11-9-10-12-31(29)35(5,6)32(30)23-28;1-18-15-20(10-13-27(18)31)30(21-11-14-28(32)19(2)16-21)22-9-12-24-23-7-5-6-8-25(23)29(3,4)26(24)17-22;1-2/h7-18,21-23H,1-2,19-20H2,3-6H3;5-17,31-32H,1-4H3;. The van der Waals surface area contributed by atoms with E-state index in [1.807, 2.05) is 50.2 Å². The van der Waals surface area contributed by atoms with Crippen LogP contribution in [0, 0.1) is 38.5 Å². The second-order valence-corrected chi connectivity index (χ2v) is 19.5. The van der Waals surface area contributed by atoms with Crippen molar-refractivity contribution >= 4 is 34.1 Å². The number of rotatable bonds is 12. The molecule has 2 aliphatic rings. The fourth-order valence-electron chi connectivity index (χ4n) is 10.3. The predicted molar refractivity (Wildman–Crippen MR) is 294 cm³/mol. The van der Waals surface area contributed by atoms with Gasteiger partial charge >= 0.3 is 0 Å². The Balaban J connectivity index is 0.000000189. The summed E-state index contributed by atoms with van der Waals surface area (Å²) < 4.78 is 11.7. The fourth-order valence-corrected chi connectivity index (χ4v) is 10.3. The molecule has 8 nitrogen and oxygen atoms in total. The van der Waals surface area contributed by atoms with E-state index in [-0.39, 0.29) is 22.3 Å². The Morgan fingerprint density at radius 2 is 0.722 bits per heavy atom. The minimum absolute atomic E-state index is 0.0792.